The fourth-order valence-corrected chi connectivity index (χ4v) is 1.74. The van der Waals surface area contributed by atoms with Crippen LogP contribution in [-0.4, -0.2) is 21.1 Å². The number of nitrogens with zero attached hydrogens (tertiary/aromatic N) is 2. The lowest BCUT2D eigenvalue weighted by Crippen LogP contribution is -2.47. The van der Waals surface area contributed by atoms with Gasteiger partial charge < -0.3 is 5.73 Å². The third kappa shape index (κ3) is 3.16. The Kier molecular flexibility index (Phi) is 4.46. The van der Waals surface area contributed by atoms with E-state index in [9.17, 15) is 4.79 Å². The molecular weight excluding hydrogens is 214 g/mol. The van der Waals surface area contributed by atoms with Crippen molar-refractivity contribution in [1.82, 2.24) is 9.78 Å². The predicted molar refractivity (Wildman–Crippen MR) is 68.8 cm³/mol. The number of hydrogen-bond acceptors (Lipinski definition) is 3. The molecule has 0 unspecified atom stereocenters. The van der Waals surface area contributed by atoms with Crippen LogP contribution in [0.15, 0.2) is 12.3 Å². The molecule has 0 saturated carbocycles. The van der Waals surface area contributed by atoms with Gasteiger partial charge in [0.15, 0.2) is 5.78 Å². The molecule has 0 aliphatic carbocycles. The largest absolute Gasteiger partial charge is 0.319 e. The minimum absolute atomic E-state index is 0.0801. The molecule has 0 aromatic carbocycles. The molecule has 0 atom stereocenters. The summed E-state index contributed by atoms with van der Waals surface area (Å²) < 4.78 is 1.86. The van der Waals surface area contributed by atoms with Crippen LogP contribution >= 0.6 is 0 Å². The number of aromatic nitrogens is 2. The second-order valence-corrected chi connectivity index (χ2v) is 4.84. The maximum absolute atomic E-state index is 12.1. The van der Waals surface area contributed by atoms with Crippen molar-refractivity contribution in [2.24, 2.45) is 5.73 Å². The lowest BCUT2D eigenvalue weighted by Gasteiger charge is -2.24. The van der Waals surface area contributed by atoms with Crippen molar-refractivity contribution in [3.63, 3.8) is 0 Å². The van der Waals surface area contributed by atoms with Crippen LogP contribution in [0.4, 0.5) is 0 Å². The van der Waals surface area contributed by atoms with Gasteiger partial charge in [0, 0.05) is 12.2 Å². The number of hydrogen-bond donors (Lipinski definition) is 1. The van der Waals surface area contributed by atoms with Gasteiger partial charge in [0.1, 0.15) is 0 Å². The average Bonchev–Trinajstić information content (AvgIpc) is 2.76. The Morgan fingerprint density at radius 1 is 1.47 bits per heavy atom. The first-order chi connectivity index (χ1) is 7.92. The summed E-state index contributed by atoms with van der Waals surface area (Å²) >= 11 is 0. The van der Waals surface area contributed by atoms with Crippen LogP contribution in [0.5, 0.6) is 0 Å². The third-order valence-corrected chi connectivity index (χ3v) is 3.35. The number of Topliss-reactive ketones (excluding diaryl/α,β-unsaturated/α-hetero) is 1. The van der Waals surface area contributed by atoms with Crippen molar-refractivity contribution in [3.8, 4) is 0 Å². The molecule has 0 radical (unpaired) electrons. The van der Waals surface area contributed by atoms with Gasteiger partial charge in [-0.05, 0) is 32.8 Å². The van der Waals surface area contributed by atoms with Gasteiger partial charge in [-0.15, -0.1) is 0 Å². The molecule has 1 aromatic heterocycles. The van der Waals surface area contributed by atoms with E-state index in [1.54, 1.807) is 0 Å². The van der Waals surface area contributed by atoms with Gasteiger partial charge in [-0.2, -0.15) is 5.10 Å². The second kappa shape index (κ2) is 5.45. The summed E-state index contributed by atoms with van der Waals surface area (Å²) in [6.07, 6.45) is 3.59. The highest BCUT2D eigenvalue weighted by atomic mass is 16.1. The van der Waals surface area contributed by atoms with Crippen molar-refractivity contribution in [2.75, 3.05) is 0 Å². The molecule has 17 heavy (non-hydrogen) atoms. The van der Waals surface area contributed by atoms with E-state index in [4.69, 9.17) is 5.73 Å². The maximum atomic E-state index is 12.1. The highest BCUT2D eigenvalue weighted by Gasteiger charge is 2.29. The Balaban J connectivity index is 2.74. The van der Waals surface area contributed by atoms with Gasteiger partial charge in [-0.3, -0.25) is 9.48 Å². The summed E-state index contributed by atoms with van der Waals surface area (Å²) in [4.78, 5) is 12.1. The smallest absolute Gasteiger partial charge is 0.158 e. The van der Waals surface area contributed by atoms with E-state index in [1.165, 1.54) is 0 Å². The summed E-state index contributed by atoms with van der Waals surface area (Å²) in [5, 5.41) is 4.37. The average molecular weight is 237 g/mol. The van der Waals surface area contributed by atoms with Gasteiger partial charge in [0.2, 0.25) is 0 Å². The summed E-state index contributed by atoms with van der Waals surface area (Å²) in [5.74, 6) is 0.0801. The zero-order chi connectivity index (χ0) is 13.1. The number of carbonyl (C=O) groups excluding carboxylic acids is 1. The van der Waals surface area contributed by atoms with Crippen LogP contribution in [-0.2, 0) is 11.2 Å². The normalized spacial score (nSPS) is 12.1. The van der Waals surface area contributed by atoms with Crippen LogP contribution in [0.1, 0.15) is 52.3 Å². The van der Waals surface area contributed by atoms with Crippen molar-refractivity contribution < 1.29 is 4.79 Å². The van der Waals surface area contributed by atoms with Gasteiger partial charge in [0.25, 0.3) is 0 Å². The molecular formula is C13H23N3O. The lowest BCUT2D eigenvalue weighted by molar-refractivity contribution is -0.123. The molecule has 96 valence electrons. The van der Waals surface area contributed by atoms with Crippen LogP contribution in [0, 0.1) is 0 Å². The van der Waals surface area contributed by atoms with Gasteiger partial charge in [0.05, 0.1) is 17.7 Å². The summed E-state index contributed by atoms with van der Waals surface area (Å²) in [6.45, 7) is 8.02. The summed E-state index contributed by atoms with van der Waals surface area (Å²) in [5.41, 5.74) is 6.18. The molecule has 2 N–H and O–H groups in total. The molecule has 0 aliphatic rings. The van der Waals surface area contributed by atoms with E-state index in [-0.39, 0.29) is 5.78 Å². The molecule has 4 heteroatoms. The van der Waals surface area contributed by atoms with Crippen molar-refractivity contribution in [2.45, 2.75) is 58.5 Å². The van der Waals surface area contributed by atoms with E-state index in [2.05, 4.69) is 18.9 Å². The minimum Gasteiger partial charge on any atom is -0.319 e. The van der Waals surface area contributed by atoms with Crippen LogP contribution in [0.25, 0.3) is 0 Å². The van der Waals surface area contributed by atoms with E-state index < -0.39 is 5.54 Å². The number of carbonyl (C=O) groups is 1. The summed E-state index contributed by atoms with van der Waals surface area (Å²) in [6, 6.07) is 2.21. The Labute approximate surface area is 103 Å². The van der Waals surface area contributed by atoms with Gasteiger partial charge in [-0.25, -0.2) is 0 Å². The third-order valence-electron chi connectivity index (χ3n) is 3.35. The van der Waals surface area contributed by atoms with E-state index in [0.717, 1.165) is 5.69 Å². The standard InChI is InChI=1S/C13H23N3O/c1-5-13(14,6-2)12(17)9-11-7-8-16(15-11)10(3)4/h7-8,10H,5-6,9,14H2,1-4H3. The fraction of sp³-hybridized carbons (Fsp3) is 0.692. The van der Waals surface area contributed by atoms with Gasteiger partial charge >= 0.3 is 0 Å². The fourth-order valence-electron chi connectivity index (χ4n) is 1.74. The van der Waals surface area contributed by atoms with E-state index in [1.807, 2.05) is 30.8 Å². The monoisotopic (exact) mass is 237 g/mol. The highest BCUT2D eigenvalue weighted by Crippen LogP contribution is 2.15. The Hall–Kier alpha value is -1.16. The molecule has 0 aliphatic heterocycles. The van der Waals surface area contributed by atoms with Crippen molar-refractivity contribution in [3.05, 3.63) is 18.0 Å². The highest BCUT2D eigenvalue weighted by molar-refractivity contribution is 5.89. The maximum Gasteiger partial charge on any atom is 0.158 e. The molecule has 1 rings (SSSR count). The van der Waals surface area contributed by atoms with Crippen LogP contribution < -0.4 is 5.73 Å². The first kappa shape index (κ1) is 13.9. The van der Waals surface area contributed by atoms with Crippen molar-refractivity contribution >= 4 is 5.78 Å². The molecule has 0 bridgehead atoms. The zero-order valence-corrected chi connectivity index (χ0v) is 11.2. The SMILES string of the molecule is CCC(N)(CC)C(=O)Cc1ccn(C(C)C)n1. The van der Waals surface area contributed by atoms with E-state index in [0.29, 0.717) is 25.3 Å². The molecule has 1 heterocycles. The first-order valence-electron chi connectivity index (χ1n) is 6.29. The van der Waals surface area contributed by atoms with Gasteiger partial charge in [-0.1, -0.05) is 13.8 Å². The quantitative estimate of drug-likeness (QED) is 0.824. The molecule has 0 amide bonds. The number of ketones is 1. The molecule has 1 aromatic rings. The molecule has 0 spiro atoms. The van der Waals surface area contributed by atoms with Crippen LogP contribution in [0.2, 0.25) is 0 Å². The lowest BCUT2D eigenvalue weighted by atomic mass is 9.87. The molecule has 4 nitrogen and oxygen atoms in total. The number of nitrogens with two attached hydrogens (primary N) is 1. The minimum atomic E-state index is -0.693. The van der Waals surface area contributed by atoms with Crippen LogP contribution in [0.3, 0.4) is 0 Å². The predicted octanol–water partition coefficient (Wildman–Crippen LogP) is 2.09. The first-order valence-corrected chi connectivity index (χ1v) is 6.29. The van der Waals surface area contributed by atoms with E-state index >= 15 is 0 Å². The Morgan fingerprint density at radius 2 is 2.06 bits per heavy atom. The zero-order valence-electron chi connectivity index (χ0n) is 11.2. The second-order valence-electron chi connectivity index (χ2n) is 4.84. The Bertz CT molecular complexity index is 378. The number of rotatable bonds is 6. The molecule has 0 fully saturated rings. The summed E-state index contributed by atoms with van der Waals surface area (Å²) in [7, 11) is 0. The topological polar surface area (TPSA) is 60.9 Å². The molecule has 0 saturated heterocycles. The Morgan fingerprint density at radius 3 is 2.47 bits per heavy atom. The van der Waals surface area contributed by atoms with Crippen molar-refractivity contribution in [1.29, 1.82) is 0 Å².